The summed E-state index contributed by atoms with van der Waals surface area (Å²) in [6, 6.07) is 63.7. The molecule has 5 aliphatic carbocycles. The van der Waals surface area contributed by atoms with Gasteiger partial charge in [0.25, 0.3) is 0 Å². The number of ketones is 3. The fraction of sp³-hybridized carbons (Fsp3) is 0.120. The molecule has 8 aromatic carbocycles. The molecule has 0 fully saturated rings. The lowest BCUT2D eigenvalue weighted by atomic mass is 9.66. The van der Waals surface area contributed by atoms with Crippen LogP contribution in [0.25, 0.3) is 21.9 Å². The van der Waals surface area contributed by atoms with E-state index in [-0.39, 0.29) is 75.2 Å². The highest BCUT2D eigenvalue weighted by atomic mass is 32.1. The van der Waals surface area contributed by atoms with E-state index in [2.05, 4.69) is 0 Å². The van der Waals surface area contributed by atoms with Crippen LogP contribution in [-0.2, 0) is 113 Å². The third-order valence-corrected chi connectivity index (χ3v) is 21.1. The van der Waals surface area contributed by atoms with Crippen LogP contribution in [0.1, 0.15) is 108 Å². The lowest BCUT2D eigenvalue weighted by Gasteiger charge is -2.35. The van der Waals surface area contributed by atoms with E-state index < -0.39 is 126 Å². The predicted molar refractivity (Wildman–Crippen MR) is 372 cm³/mol. The van der Waals surface area contributed by atoms with Crippen molar-refractivity contribution in [3.63, 3.8) is 0 Å². The molecule has 5 aliphatic rings. The smallest absolute Gasteiger partial charge is 0.333 e. The van der Waals surface area contributed by atoms with Gasteiger partial charge in [0, 0.05) is 54.3 Å². The number of fused-ring (bicyclic) bond motifs is 9. The summed E-state index contributed by atoms with van der Waals surface area (Å²) in [7, 11) is 0. The molecule has 18 heteroatoms. The van der Waals surface area contributed by atoms with Crippen LogP contribution in [0, 0.1) is 0 Å². The lowest BCUT2D eigenvalue weighted by molar-refractivity contribution is -0.168. The molecule has 15 rings (SSSR count). The van der Waals surface area contributed by atoms with Crippen molar-refractivity contribution in [2.75, 3.05) is 0 Å². The van der Waals surface area contributed by atoms with Gasteiger partial charge >= 0.3 is 35.8 Å². The van der Waals surface area contributed by atoms with Crippen molar-refractivity contribution in [2.24, 2.45) is 0 Å². The Labute approximate surface area is 585 Å². The van der Waals surface area contributed by atoms with Gasteiger partial charge in [-0.05, 0) is 74.4 Å². The summed E-state index contributed by atoms with van der Waals surface area (Å²) in [5, 5.41) is 12.2. The Balaban J connectivity index is 1.04. The van der Waals surface area contributed by atoms with E-state index in [1.165, 1.54) is 36.4 Å². The summed E-state index contributed by atoms with van der Waals surface area (Å²) >= 11 is 1.82. The molecule has 2 heterocycles. The lowest BCUT2D eigenvalue weighted by Crippen LogP contribution is -2.53. The van der Waals surface area contributed by atoms with E-state index in [0.717, 1.165) is 28.7 Å². The molecule has 0 bridgehead atoms. The summed E-state index contributed by atoms with van der Waals surface area (Å²) in [4.78, 5) is 145. The zero-order chi connectivity index (χ0) is 69.6. The molecule has 2 aromatic heterocycles. The van der Waals surface area contributed by atoms with Crippen LogP contribution in [0.3, 0.4) is 0 Å². The van der Waals surface area contributed by atoms with Gasteiger partial charge in [-0.1, -0.05) is 231 Å². The number of ether oxygens (including phenoxy) is 6. The largest absolute Gasteiger partial charge is 0.459 e. The first-order valence-electron chi connectivity index (χ1n) is 32.2. The highest BCUT2D eigenvalue weighted by Crippen LogP contribution is 2.68. The van der Waals surface area contributed by atoms with Gasteiger partial charge in [0.1, 0.15) is 45.7 Å². The van der Waals surface area contributed by atoms with Crippen LogP contribution < -0.4 is 0 Å². The number of aliphatic hydroxyl groups excluding tert-OH is 1. The van der Waals surface area contributed by atoms with Gasteiger partial charge in [-0.25, -0.2) is 0 Å². The number of carbonyl (C=O) groups excluding carboxylic acids is 9. The van der Waals surface area contributed by atoms with Crippen LogP contribution in [0.5, 0.6) is 0 Å². The molecule has 16 nitrogen and oxygen atoms in total. The van der Waals surface area contributed by atoms with Crippen LogP contribution >= 0.6 is 22.7 Å². The zero-order valence-electron chi connectivity index (χ0n) is 53.5. The van der Waals surface area contributed by atoms with Crippen LogP contribution in [-0.4, -0.2) is 58.3 Å². The van der Waals surface area contributed by atoms with Crippen molar-refractivity contribution in [3.8, 4) is 9.75 Å². The molecule has 0 radical (unpaired) electrons. The maximum atomic E-state index is 17.2. The van der Waals surface area contributed by atoms with Crippen LogP contribution in [0.2, 0.25) is 0 Å². The van der Waals surface area contributed by atoms with Crippen molar-refractivity contribution >= 4 is 88.0 Å². The van der Waals surface area contributed by atoms with Crippen molar-refractivity contribution in [1.29, 1.82) is 0 Å². The van der Waals surface area contributed by atoms with Gasteiger partial charge in [0.2, 0.25) is 16.2 Å². The normalized spacial score (nSPS) is 16.2. The number of carbonyl (C=O) groups is 9. The number of thiophene rings is 2. The Bertz CT molecular complexity index is 5000. The van der Waals surface area contributed by atoms with Crippen LogP contribution in [0.4, 0.5) is 0 Å². The van der Waals surface area contributed by atoms with E-state index in [9.17, 15) is 19.5 Å². The average molecular weight is 1370 g/mol. The molecule has 496 valence electrons. The second-order valence-corrected chi connectivity index (χ2v) is 26.7. The monoisotopic (exact) mass is 1370 g/mol. The van der Waals surface area contributed by atoms with Gasteiger partial charge in [0.05, 0.1) is 15.3 Å². The predicted octanol–water partition coefficient (Wildman–Crippen LogP) is 13.7. The zero-order valence-corrected chi connectivity index (χ0v) is 55.1. The number of hydrogen-bond acceptors (Lipinski definition) is 18. The number of aliphatic hydroxyl groups is 1. The molecule has 101 heavy (non-hydrogen) atoms. The number of esters is 6. The minimum absolute atomic E-state index is 0.0472. The molecular formula is C83H56O16S2. The molecule has 1 atom stereocenters. The molecule has 10 aromatic rings. The standard InChI is InChI=1S/C83H56O16S2/c84-69-57-35-19-20-36-58(57)70(85)61(69)39-55-41-63-65(81(55,75(88)94-43-49-23-7-1-8-24-49)76(89)95-44-50-25-9-2-10-26-50)67-73(100-63)74-68(83(67,79(92)98-47-53-31-15-5-16-32-53)80(93)99-48-54-33-17-6-18-34-54)66-64(101-74)42-56(40-62-71(86)59-37-21-22-38-60(59)72(62)87)82(66,77(90)96-45-51-27-11-3-12-28-51)78(91)97-46-52-29-13-4-14-30-52/h1-42,69,84H,43-48H2/b61-39+. The number of benzene rings is 8. The summed E-state index contributed by atoms with van der Waals surface area (Å²) < 4.78 is 38.6. The van der Waals surface area contributed by atoms with E-state index >= 15 is 28.8 Å². The quantitative estimate of drug-likeness (QED) is 0.0246. The highest BCUT2D eigenvalue weighted by molar-refractivity contribution is 7.24. The SMILES string of the molecule is O=C1C(=CC2=Cc3sc4c(c3C2(C(=O)OCc2ccccc2)C(=O)OCc2ccccc2)C(C(=O)OCc2ccccc2)(C(=O)OCc2ccccc2)c2c-4sc3c2C(C(=O)OCc2ccccc2)(C(=O)OCc2ccccc2)C(/C=C2/C(=O)c4ccccc4C2O)=C3)C(=O)c2ccccc21. The minimum Gasteiger partial charge on any atom is -0.459 e. The Kier molecular flexibility index (Phi) is 17.1. The highest BCUT2D eigenvalue weighted by Gasteiger charge is 2.72. The maximum Gasteiger partial charge on any atom is 0.333 e. The number of rotatable bonds is 20. The molecule has 0 amide bonds. The Morgan fingerprint density at radius 3 is 0.931 bits per heavy atom. The van der Waals surface area contributed by atoms with Crippen molar-refractivity contribution in [1.82, 2.24) is 0 Å². The third kappa shape index (κ3) is 10.9. The number of Topliss-reactive ketones (excluding diaryl/α,β-unsaturated/α-hetero) is 3. The van der Waals surface area contributed by atoms with Crippen molar-refractivity contribution < 1.29 is 76.7 Å². The topological polar surface area (TPSA) is 229 Å². The molecule has 0 spiro atoms. The molecular weight excluding hydrogens is 1320 g/mol. The van der Waals surface area contributed by atoms with E-state index in [0.29, 0.717) is 33.4 Å². The Hall–Kier alpha value is -12.1. The summed E-state index contributed by atoms with van der Waals surface area (Å²) in [6.45, 7) is -2.93. The Morgan fingerprint density at radius 1 is 0.337 bits per heavy atom. The molecule has 0 saturated heterocycles. The van der Waals surface area contributed by atoms with E-state index in [1.807, 2.05) is 0 Å². The summed E-state index contributed by atoms with van der Waals surface area (Å²) in [5.41, 5.74) is -8.73. The number of allylic oxidation sites excluding steroid dienone is 3. The first-order valence-corrected chi connectivity index (χ1v) is 33.9. The van der Waals surface area contributed by atoms with Crippen molar-refractivity contribution in [3.05, 3.63) is 353 Å². The molecule has 1 N–H and O–H groups in total. The first kappa shape index (κ1) is 64.9. The van der Waals surface area contributed by atoms with Crippen LogP contribution in [0.15, 0.2) is 265 Å². The second kappa shape index (κ2) is 26.6. The second-order valence-electron chi connectivity index (χ2n) is 24.6. The maximum absolute atomic E-state index is 17.2. The third-order valence-electron chi connectivity index (χ3n) is 18.7. The fourth-order valence-electron chi connectivity index (χ4n) is 13.9. The van der Waals surface area contributed by atoms with E-state index in [4.69, 9.17) is 28.4 Å². The van der Waals surface area contributed by atoms with Gasteiger partial charge in [0.15, 0.2) is 17.3 Å². The van der Waals surface area contributed by atoms with Gasteiger partial charge < -0.3 is 33.5 Å². The average Bonchev–Trinajstić information content (AvgIpc) is 1.48. The summed E-state index contributed by atoms with van der Waals surface area (Å²) in [6.07, 6.45) is 3.63. The number of hydrogen-bond donors (Lipinski definition) is 1. The van der Waals surface area contributed by atoms with Gasteiger partial charge in [-0.3, -0.25) is 43.2 Å². The van der Waals surface area contributed by atoms with E-state index in [1.54, 1.807) is 212 Å². The molecule has 1 unspecified atom stereocenters. The first-order chi connectivity index (χ1) is 49.2. The summed E-state index contributed by atoms with van der Waals surface area (Å²) in [5.74, 6) is -10.2. The fourth-order valence-corrected chi connectivity index (χ4v) is 16.8. The minimum atomic E-state index is -3.17. The van der Waals surface area contributed by atoms with Gasteiger partial charge in [-0.2, -0.15) is 0 Å². The Morgan fingerprint density at radius 2 is 0.614 bits per heavy atom. The van der Waals surface area contributed by atoms with Crippen molar-refractivity contribution in [2.45, 2.75) is 62.0 Å². The van der Waals surface area contributed by atoms with Gasteiger partial charge in [-0.15, -0.1) is 22.7 Å². The molecule has 0 aliphatic heterocycles. The molecule has 0 saturated carbocycles.